The molecule has 1 aromatic rings. The van der Waals surface area contributed by atoms with Crippen LogP contribution in [0.4, 0.5) is 5.69 Å². The maximum absolute atomic E-state index is 12.1. The Balaban J connectivity index is 2.58. The minimum atomic E-state index is -0.663. The first-order valence-corrected chi connectivity index (χ1v) is 9.00. The Labute approximate surface area is 164 Å². The number of hydrogen-bond donors (Lipinski definition) is 3. The summed E-state index contributed by atoms with van der Waals surface area (Å²) in [5.74, 6) is 0.396. The van der Waals surface area contributed by atoms with Crippen LogP contribution in [0.1, 0.15) is 26.2 Å². The van der Waals surface area contributed by atoms with Crippen molar-refractivity contribution in [3.8, 4) is 11.5 Å². The highest BCUT2D eigenvalue weighted by Gasteiger charge is 2.20. The van der Waals surface area contributed by atoms with Gasteiger partial charge in [0.15, 0.2) is 5.11 Å². The molecule has 1 aromatic carbocycles. The first kappa shape index (κ1) is 22.5. The zero-order valence-electron chi connectivity index (χ0n) is 16.1. The van der Waals surface area contributed by atoms with E-state index in [1.54, 1.807) is 32.4 Å². The van der Waals surface area contributed by atoms with Gasteiger partial charge in [0, 0.05) is 6.07 Å². The summed E-state index contributed by atoms with van der Waals surface area (Å²) in [4.78, 5) is 23.8. The zero-order valence-corrected chi connectivity index (χ0v) is 16.9. The normalized spacial score (nSPS) is 11.1. The van der Waals surface area contributed by atoms with Crippen molar-refractivity contribution in [2.45, 2.75) is 32.2 Å². The van der Waals surface area contributed by atoms with Gasteiger partial charge in [-0.1, -0.05) is 19.8 Å². The molecule has 0 fully saturated rings. The fourth-order valence-corrected chi connectivity index (χ4v) is 2.47. The van der Waals surface area contributed by atoms with Crippen LogP contribution in [0.3, 0.4) is 0 Å². The van der Waals surface area contributed by atoms with Crippen LogP contribution in [0.5, 0.6) is 11.5 Å². The molecule has 3 N–H and O–H groups in total. The molecule has 0 bridgehead atoms. The zero-order chi connectivity index (χ0) is 20.2. The summed E-state index contributed by atoms with van der Waals surface area (Å²) in [5.41, 5.74) is 0.602. The second-order valence-corrected chi connectivity index (χ2v) is 6.07. The molecule has 1 atom stereocenters. The maximum atomic E-state index is 12.1. The van der Waals surface area contributed by atoms with Gasteiger partial charge in [0.25, 0.3) is 0 Å². The highest BCUT2D eigenvalue weighted by Crippen LogP contribution is 2.28. The smallest absolute Gasteiger partial charge is 0.328 e. The Morgan fingerprint density at radius 1 is 1.19 bits per heavy atom. The molecular weight excluding hydrogens is 370 g/mol. The quantitative estimate of drug-likeness (QED) is 0.406. The lowest BCUT2D eigenvalue weighted by molar-refractivity contribution is -0.145. The standard InChI is InChI=1S/C18H27N3O5S/c1-5-6-7-13(17(23)26-4)20-16(22)11-19-18(27)21-14-10-12(24-2)8-9-15(14)25-3/h8-10,13H,5-7,11H2,1-4H3,(H,20,22)(H2,19,21,27). The molecule has 0 aromatic heterocycles. The van der Waals surface area contributed by atoms with Crippen molar-refractivity contribution in [2.24, 2.45) is 0 Å². The van der Waals surface area contributed by atoms with Crippen LogP contribution < -0.4 is 25.4 Å². The third kappa shape index (κ3) is 7.69. The van der Waals surface area contributed by atoms with Gasteiger partial charge in [0.1, 0.15) is 17.5 Å². The molecule has 150 valence electrons. The molecule has 1 rings (SSSR count). The number of ether oxygens (including phenoxy) is 3. The summed E-state index contributed by atoms with van der Waals surface area (Å²) in [7, 11) is 4.40. The van der Waals surface area contributed by atoms with E-state index in [9.17, 15) is 9.59 Å². The molecule has 0 radical (unpaired) electrons. The molecule has 9 heteroatoms. The van der Waals surface area contributed by atoms with Crippen molar-refractivity contribution in [2.75, 3.05) is 33.2 Å². The van der Waals surface area contributed by atoms with E-state index >= 15 is 0 Å². The highest BCUT2D eigenvalue weighted by atomic mass is 32.1. The summed E-state index contributed by atoms with van der Waals surface area (Å²) in [6.45, 7) is 1.92. The van der Waals surface area contributed by atoms with Crippen LogP contribution in [0.2, 0.25) is 0 Å². The first-order chi connectivity index (χ1) is 12.9. The summed E-state index contributed by atoms with van der Waals surface area (Å²) >= 11 is 5.21. The van der Waals surface area contributed by atoms with E-state index in [1.165, 1.54) is 7.11 Å². The Bertz CT molecular complexity index is 654. The van der Waals surface area contributed by atoms with Crippen molar-refractivity contribution in [3.05, 3.63) is 18.2 Å². The van der Waals surface area contributed by atoms with Gasteiger partial charge >= 0.3 is 5.97 Å². The Morgan fingerprint density at radius 2 is 1.93 bits per heavy atom. The first-order valence-electron chi connectivity index (χ1n) is 8.59. The second-order valence-electron chi connectivity index (χ2n) is 5.66. The Morgan fingerprint density at radius 3 is 2.52 bits per heavy atom. The number of unbranched alkanes of at least 4 members (excludes halogenated alkanes) is 1. The van der Waals surface area contributed by atoms with Crippen molar-refractivity contribution >= 4 is 34.9 Å². The Kier molecular flexibility index (Phi) is 9.95. The molecule has 27 heavy (non-hydrogen) atoms. The van der Waals surface area contributed by atoms with Crippen molar-refractivity contribution in [1.29, 1.82) is 0 Å². The number of hydrogen-bond acceptors (Lipinski definition) is 6. The van der Waals surface area contributed by atoms with E-state index < -0.39 is 12.0 Å². The number of thiocarbonyl (C=S) groups is 1. The largest absolute Gasteiger partial charge is 0.497 e. The lowest BCUT2D eigenvalue weighted by atomic mass is 10.1. The summed E-state index contributed by atoms with van der Waals surface area (Å²) in [6, 6.07) is 4.57. The van der Waals surface area contributed by atoms with Crippen molar-refractivity contribution < 1.29 is 23.8 Å². The van der Waals surface area contributed by atoms with Crippen LogP contribution in [-0.4, -0.2) is 50.9 Å². The van der Waals surface area contributed by atoms with E-state index in [0.29, 0.717) is 23.6 Å². The topological polar surface area (TPSA) is 97.9 Å². The van der Waals surface area contributed by atoms with Crippen molar-refractivity contribution in [1.82, 2.24) is 10.6 Å². The van der Waals surface area contributed by atoms with E-state index in [4.69, 9.17) is 26.4 Å². The van der Waals surface area contributed by atoms with Crippen molar-refractivity contribution in [3.63, 3.8) is 0 Å². The number of nitrogens with one attached hydrogen (secondary N) is 3. The second kappa shape index (κ2) is 11.9. The van der Waals surface area contributed by atoms with Gasteiger partial charge in [0.05, 0.1) is 33.6 Å². The van der Waals surface area contributed by atoms with E-state index in [0.717, 1.165) is 12.8 Å². The molecule has 0 heterocycles. The SMILES string of the molecule is CCCCC(NC(=O)CNC(=S)Nc1cc(OC)ccc1OC)C(=O)OC. The number of methoxy groups -OCH3 is 3. The van der Waals surface area contributed by atoms with Gasteiger partial charge in [-0.05, 0) is 30.8 Å². The molecule has 0 saturated carbocycles. The number of benzene rings is 1. The third-order valence-electron chi connectivity index (χ3n) is 3.73. The minimum absolute atomic E-state index is 0.0856. The Hall–Kier alpha value is -2.55. The van der Waals surface area contributed by atoms with Crippen LogP contribution in [0, 0.1) is 0 Å². The molecule has 1 amide bonds. The van der Waals surface area contributed by atoms with Crippen LogP contribution in [0.25, 0.3) is 0 Å². The fourth-order valence-electron chi connectivity index (χ4n) is 2.28. The van der Waals surface area contributed by atoms with Gasteiger partial charge in [-0.3, -0.25) is 4.79 Å². The van der Waals surface area contributed by atoms with Crippen LogP contribution in [0.15, 0.2) is 18.2 Å². The average molecular weight is 397 g/mol. The summed E-state index contributed by atoms with van der Waals surface area (Å²) < 4.78 is 15.2. The molecule has 0 saturated heterocycles. The van der Waals surface area contributed by atoms with E-state index in [-0.39, 0.29) is 17.6 Å². The lowest BCUT2D eigenvalue weighted by Crippen LogP contribution is -2.46. The maximum Gasteiger partial charge on any atom is 0.328 e. The lowest BCUT2D eigenvalue weighted by Gasteiger charge is -2.17. The predicted molar refractivity (Wildman–Crippen MR) is 107 cm³/mol. The van der Waals surface area contributed by atoms with E-state index in [2.05, 4.69) is 16.0 Å². The molecule has 0 aliphatic carbocycles. The van der Waals surface area contributed by atoms with Gasteiger partial charge in [-0.15, -0.1) is 0 Å². The number of esters is 1. The number of carbonyl (C=O) groups excluding carboxylic acids is 2. The third-order valence-corrected chi connectivity index (χ3v) is 3.98. The van der Waals surface area contributed by atoms with Gasteiger partial charge in [-0.2, -0.15) is 0 Å². The molecule has 0 aliphatic rings. The van der Waals surface area contributed by atoms with Gasteiger partial charge < -0.3 is 30.2 Å². The predicted octanol–water partition coefficient (Wildman–Crippen LogP) is 1.84. The minimum Gasteiger partial charge on any atom is -0.497 e. The van der Waals surface area contributed by atoms with Gasteiger partial charge in [0.2, 0.25) is 5.91 Å². The number of rotatable bonds is 10. The number of amides is 1. The molecule has 1 unspecified atom stereocenters. The number of carbonyl (C=O) groups is 2. The highest BCUT2D eigenvalue weighted by molar-refractivity contribution is 7.80. The summed E-state index contributed by atoms with van der Waals surface area (Å²) in [6.07, 6.45) is 2.25. The fraction of sp³-hybridized carbons (Fsp3) is 0.500. The molecular formula is C18H27N3O5S. The van der Waals surface area contributed by atoms with Crippen LogP contribution >= 0.6 is 12.2 Å². The van der Waals surface area contributed by atoms with Gasteiger partial charge in [-0.25, -0.2) is 4.79 Å². The summed E-state index contributed by atoms with van der Waals surface area (Å²) in [5, 5.41) is 8.65. The van der Waals surface area contributed by atoms with E-state index in [1.807, 2.05) is 6.92 Å². The molecule has 0 spiro atoms. The van der Waals surface area contributed by atoms with Crippen LogP contribution in [-0.2, 0) is 14.3 Å². The molecule has 8 nitrogen and oxygen atoms in total. The average Bonchev–Trinajstić information content (AvgIpc) is 2.68. The number of anilines is 1. The molecule has 0 aliphatic heterocycles. The monoisotopic (exact) mass is 397 g/mol.